The van der Waals surface area contributed by atoms with Gasteiger partial charge in [0.1, 0.15) is 5.75 Å². The second-order valence-corrected chi connectivity index (χ2v) is 6.64. The monoisotopic (exact) mass is 349 g/mol. The Bertz CT molecular complexity index is 723. The molecule has 8 heteroatoms. The van der Waals surface area contributed by atoms with Gasteiger partial charge in [-0.15, -0.1) is 11.3 Å². The maximum absolute atomic E-state index is 12.2. The van der Waals surface area contributed by atoms with E-state index in [4.69, 9.17) is 4.74 Å². The van der Waals surface area contributed by atoms with E-state index in [1.807, 2.05) is 0 Å². The number of methoxy groups -OCH3 is 1. The van der Waals surface area contributed by atoms with Crippen LogP contribution < -0.4 is 15.4 Å². The molecule has 0 radical (unpaired) electrons. The number of nitrogens with zero attached hydrogens (tertiary/aromatic N) is 1. The quantitative estimate of drug-likeness (QED) is 0.744. The average molecular weight is 349 g/mol. The molecule has 0 saturated heterocycles. The molecule has 0 bridgehead atoms. The van der Waals surface area contributed by atoms with Crippen LogP contribution in [0, 0.1) is 0 Å². The van der Waals surface area contributed by atoms with E-state index >= 15 is 0 Å². The minimum absolute atomic E-state index is 0.0531. The van der Waals surface area contributed by atoms with Gasteiger partial charge < -0.3 is 15.2 Å². The number of hydrogen-bond donors (Lipinski definition) is 3. The number of aromatic nitrogens is 1. The summed E-state index contributed by atoms with van der Waals surface area (Å²) in [5.41, 5.74) is -0.301. The summed E-state index contributed by atoms with van der Waals surface area (Å²) in [5.74, 6) is -0.315. The summed E-state index contributed by atoms with van der Waals surface area (Å²) in [4.78, 5) is 28.1. The van der Waals surface area contributed by atoms with Crippen molar-refractivity contribution >= 4 is 34.0 Å². The van der Waals surface area contributed by atoms with E-state index in [1.54, 1.807) is 37.6 Å². The van der Waals surface area contributed by atoms with Gasteiger partial charge in [-0.1, -0.05) is 0 Å². The molecule has 0 aliphatic carbocycles. The van der Waals surface area contributed by atoms with E-state index < -0.39 is 5.60 Å². The SMILES string of the molecule is COc1cc(C(=O)Nc2nccs2)ccc1NC(=O)CC(C)(C)O. The van der Waals surface area contributed by atoms with Gasteiger partial charge in [0.25, 0.3) is 5.91 Å². The van der Waals surface area contributed by atoms with Gasteiger partial charge in [0.15, 0.2) is 5.13 Å². The van der Waals surface area contributed by atoms with Crippen molar-refractivity contribution in [2.24, 2.45) is 0 Å². The zero-order chi connectivity index (χ0) is 17.7. The number of hydrogen-bond acceptors (Lipinski definition) is 6. The molecule has 2 rings (SSSR count). The lowest BCUT2D eigenvalue weighted by Gasteiger charge is -2.17. The van der Waals surface area contributed by atoms with Crippen molar-refractivity contribution in [1.29, 1.82) is 0 Å². The van der Waals surface area contributed by atoms with Crippen LogP contribution >= 0.6 is 11.3 Å². The van der Waals surface area contributed by atoms with Gasteiger partial charge in [0, 0.05) is 17.1 Å². The average Bonchev–Trinajstić information content (AvgIpc) is 2.98. The standard InChI is InChI=1S/C16H19N3O4S/c1-16(2,22)9-13(20)18-11-5-4-10(8-12(11)23-3)14(21)19-15-17-6-7-24-15/h4-8,22H,9H2,1-3H3,(H,18,20)(H,17,19,21). The minimum Gasteiger partial charge on any atom is -0.495 e. The van der Waals surface area contributed by atoms with Crippen LogP contribution in [0.4, 0.5) is 10.8 Å². The Balaban J connectivity index is 2.12. The number of carbonyl (C=O) groups excluding carboxylic acids is 2. The van der Waals surface area contributed by atoms with E-state index in [9.17, 15) is 14.7 Å². The van der Waals surface area contributed by atoms with E-state index in [2.05, 4.69) is 15.6 Å². The normalized spacial score (nSPS) is 11.0. The number of aliphatic hydroxyl groups is 1. The molecule has 0 aliphatic heterocycles. The molecule has 24 heavy (non-hydrogen) atoms. The molecule has 128 valence electrons. The fourth-order valence-electron chi connectivity index (χ4n) is 1.98. The number of thiazole rings is 1. The highest BCUT2D eigenvalue weighted by atomic mass is 32.1. The molecular formula is C16H19N3O4S. The number of amides is 2. The zero-order valence-electron chi connectivity index (χ0n) is 13.6. The van der Waals surface area contributed by atoms with Crippen molar-refractivity contribution in [2.45, 2.75) is 25.9 Å². The van der Waals surface area contributed by atoms with Crippen LogP contribution in [-0.4, -0.2) is 34.6 Å². The summed E-state index contributed by atoms with van der Waals surface area (Å²) < 4.78 is 5.23. The molecule has 0 aliphatic rings. The van der Waals surface area contributed by atoms with Gasteiger partial charge in [0.2, 0.25) is 5.91 Å². The lowest BCUT2D eigenvalue weighted by Crippen LogP contribution is -2.27. The Hall–Kier alpha value is -2.45. The summed E-state index contributed by atoms with van der Waals surface area (Å²) in [7, 11) is 1.45. The fourth-order valence-corrected chi connectivity index (χ4v) is 2.50. The highest BCUT2D eigenvalue weighted by Crippen LogP contribution is 2.27. The summed E-state index contributed by atoms with van der Waals surface area (Å²) in [6.07, 6.45) is 1.55. The first-order valence-electron chi connectivity index (χ1n) is 7.19. The molecule has 3 N–H and O–H groups in total. The summed E-state index contributed by atoms with van der Waals surface area (Å²) in [6, 6.07) is 4.69. The first-order chi connectivity index (χ1) is 11.3. The lowest BCUT2D eigenvalue weighted by atomic mass is 10.1. The highest BCUT2D eigenvalue weighted by molar-refractivity contribution is 7.13. The van der Waals surface area contributed by atoms with E-state index in [0.29, 0.717) is 22.1 Å². The van der Waals surface area contributed by atoms with Crippen LogP contribution in [0.1, 0.15) is 30.6 Å². The number of benzene rings is 1. The van der Waals surface area contributed by atoms with Crippen LogP contribution in [0.25, 0.3) is 0 Å². The summed E-state index contributed by atoms with van der Waals surface area (Å²) in [5, 5.41) is 17.3. The van der Waals surface area contributed by atoms with Gasteiger partial charge in [-0.3, -0.25) is 14.9 Å². The van der Waals surface area contributed by atoms with Crippen molar-refractivity contribution in [1.82, 2.24) is 4.98 Å². The van der Waals surface area contributed by atoms with Crippen molar-refractivity contribution in [3.05, 3.63) is 35.3 Å². The van der Waals surface area contributed by atoms with Crippen molar-refractivity contribution in [3.8, 4) is 5.75 Å². The number of rotatable bonds is 6. The third-order valence-corrected chi connectivity index (χ3v) is 3.67. The van der Waals surface area contributed by atoms with Gasteiger partial charge in [-0.25, -0.2) is 4.98 Å². The van der Waals surface area contributed by atoms with E-state index in [-0.39, 0.29) is 18.2 Å². The number of nitrogens with one attached hydrogen (secondary N) is 2. The molecule has 7 nitrogen and oxygen atoms in total. The third-order valence-electron chi connectivity index (χ3n) is 2.98. The number of ether oxygens (including phenoxy) is 1. The Morgan fingerprint density at radius 1 is 1.33 bits per heavy atom. The van der Waals surface area contributed by atoms with Crippen molar-refractivity contribution in [2.75, 3.05) is 17.7 Å². The highest BCUT2D eigenvalue weighted by Gasteiger charge is 2.19. The molecule has 0 fully saturated rings. The molecule has 1 aromatic carbocycles. The summed E-state index contributed by atoms with van der Waals surface area (Å²) >= 11 is 1.32. The smallest absolute Gasteiger partial charge is 0.257 e. The van der Waals surface area contributed by atoms with Crippen LogP contribution in [0.15, 0.2) is 29.8 Å². The first-order valence-corrected chi connectivity index (χ1v) is 8.07. The fraction of sp³-hybridized carbons (Fsp3) is 0.312. The maximum Gasteiger partial charge on any atom is 0.257 e. The Kier molecular flexibility index (Phi) is 5.53. The largest absolute Gasteiger partial charge is 0.495 e. The van der Waals surface area contributed by atoms with Gasteiger partial charge in [-0.2, -0.15) is 0 Å². The molecule has 0 atom stereocenters. The summed E-state index contributed by atoms with van der Waals surface area (Å²) in [6.45, 7) is 3.10. The number of carbonyl (C=O) groups is 2. The van der Waals surface area contributed by atoms with Crippen LogP contribution in [0.2, 0.25) is 0 Å². The molecule has 0 unspecified atom stereocenters. The van der Waals surface area contributed by atoms with Crippen LogP contribution in [0.5, 0.6) is 5.75 Å². The zero-order valence-corrected chi connectivity index (χ0v) is 14.4. The van der Waals surface area contributed by atoms with Crippen molar-refractivity contribution < 1.29 is 19.4 Å². The molecule has 2 amide bonds. The molecule has 0 spiro atoms. The third kappa shape index (κ3) is 5.04. The van der Waals surface area contributed by atoms with Crippen molar-refractivity contribution in [3.63, 3.8) is 0 Å². The van der Waals surface area contributed by atoms with E-state index in [0.717, 1.165) is 0 Å². The van der Waals surface area contributed by atoms with Crippen LogP contribution in [-0.2, 0) is 4.79 Å². The van der Waals surface area contributed by atoms with Gasteiger partial charge >= 0.3 is 0 Å². The molecule has 2 aromatic rings. The second-order valence-electron chi connectivity index (χ2n) is 5.74. The molecular weight excluding hydrogens is 330 g/mol. The molecule has 0 saturated carbocycles. The second kappa shape index (κ2) is 7.41. The van der Waals surface area contributed by atoms with Gasteiger partial charge in [-0.05, 0) is 32.0 Å². The lowest BCUT2D eigenvalue weighted by molar-refractivity contribution is -0.119. The topological polar surface area (TPSA) is 101 Å². The minimum atomic E-state index is -1.11. The number of anilines is 2. The van der Waals surface area contributed by atoms with Gasteiger partial charge in [0.05, 0.1) is 24.8 Å². The van der Waals surface area contributed by atoms with Crippen LogP contribution in [0.3, 0.4) is 0 Å². The molecule has 1 heterocycles. The predicted molar refractivity (Wildman–Crippen MR) is 92.6 cm³/mol. The van der Waals surface area contributed by atoms with E-state index in [1.165, 1.54) is 24.5 Å². The Morgan fingerprint density at radius 3 is 2.67 bits per heavy atom. The predicted octanol–water partition coefficient (Wildman–Crippen LogP) is 2.50. The first kappa shape index (κ1) is 17.9. The molecule has 1 aromatic heterocycles. The Labute approximate surface area is 143 Å². The Morgan fingerprint density at radius 2 is 2.08 bits per heavy atom. The maximum atomic E-state index is 12.2.